The lowest BCUT2D eigenvalue weighted by atomic mass is 10.1. The van der Waals surface area contributed by atoms with Crippen LogP contribution in [0.1, 0.15) is 16.7 Å². The molecule has 0 aromatic heterocycles. The van der Waals surface area contributed by atoms with Crippen molar-refractivity contribution in [1.29, 1.82) is 0 Å². The average molecular weight is 767 g/mol. The Balaban J connectivity index is 1.72. The number of nitrogens with one attached hydrogen (secondary N) is 1. The van der Waals surface area contributed by atoms with Crippen molar-refractivity contribution in [3.63, 3.8) is 0 Å². The van der Waals surface area contributed by atoms with E-state index in [-0.39, 0.29) is 51.2 Å². The topological polar surface area (TPSA) is 152 Å². The fourth-order valence-electron chi connectivity index (χ4n) is 4.58. The van der Waals surface area contributed by atoms with Crippen LogP contribution in [0.15, 0.2) is 70.5 Å². The smallest absolute Gasteiger partial charge is 0.247 e. The number of benzene rings is 4. The molecule has 0 spiro atoms. The minimum absolute atomic E-state index is 0.00982. The zero-order chi connectivity index (χ0) is 34.7. The summed E-state index contributed by atoms with van der Waals surface area (Å²) in [7, 11) is -4.48. The molecule has 0 atom stereocenters. The molecule has 252 valence electrons. The first-order valence-electron chi connectivity index (χ1n) is 13.3. The van der Waals surface area contributed by atoms with Crippen LogP contribution in [0.4, 0.5) is 0 Å². The van der Waals surface area contributed by atoms with E-state index in [9.17, 15) is 27.0 Å². The average Bonchev–Trinajstić information content (AvgIpc) is 3.02. The molecule has 0 aliphatic carbocycles. The van der Waals surface area contributed by atoms with E-state index in [0.29, 0.717) is 22.4 Å². The predicted molar refractivity (Wildman–Crippen MR) is 179 cm³/mol. The van der Waals surface area contributed by atoms with Gasteiger partial charge in [0.1, 0.15) is 9.79 Å². The second-order valence-electron chi connectivity index (χ2n) is 9.92. The van der Waals surface area contributed by atoms with Crippen LogP contribution in [0.5, 0.6) is 28.7 Å². The molecule has 0 radical (unpaired) electrons. The van der Waals surface area contributed by atoms with E-state index in [1.54, 1.807) is 36.4 Å². The monoisotopic (exact) mass is 764 g/mol. The summed E-state index contributed by atoms with van der Waals surface area (Å²) in [4.78, 5) is -1.03. The van der Waals surface area contributed by atoms with Crippen LogP contribution in [-0.2, 0) is 39.7 Å². The summed E-state index contributed by atoms with van der Waals surface area (Å²) in [6.07, 6.45) is 0. The number of aromatic hydroxyl groups is 2. The van der Waals surface area contributed by atoms with E-state index in [1.165, 1.54) is 33.5 Å². The molecule has 47 heavy (non-hydrogen) atoms. The molecule has 11 nitrogen and oxygen atoms in total. The summed E-state index contributed by atoms with van der Waals surface area (Å²) in [6, 6.07) is 14.2. The maximum atomic E-state index is 14.1. The molecule has 3 N–H and O–H groups in total. The van der Waals surface area contributed by atoms with Crippen molar-refractivity contribution in [3.05, 3.63) is 97.4 Å². The molecule has 0 saturated carbocycles. The lowest BCUT2D eigenvalue weighted by Gasteiger charge is -2.24. The fraction of sp³-hybridized carbons (Fsp3) is 0.200. The molecular weight excluding hydrogens is 738 g/mol. The van der Waals surface area contributed by atoms with Gasteiger partial charge in [-0.15, -0.1) is 0 Å². The number of nitrogens with zero attached hydrogens (tertiary/aromatic N) is 1. The zero-order valence-electron chi connectivity index (χ0n) is 24.9. The van der Waals surface area contributed by atoms with Crippen LogP contribution in [0, 0.1) is 0 Å². The predicted octanol–water partition coefficient (Wildman–Crippen LogP) is 6.61. The van der Waals surface area contributed by atoms with Gasteiger partial charge in [0.25, 0.3) is 0 Å². The summed E-state index contributed by atoms with van der Waals surface area (Å²) < 4.78 is 73.9. The summed E-state index contributed by atoms with van der Waals surface area (Å²) in [6.45, 7) is -0.716. The molecular formula is C30H28Cl4N2O9S2. The molecule has 0 aliphatic heterocycles. The normalized spacial score (nSPS) is 11.9. The van der Waals surface area contributed by atoms with E-state index < -0.39 is 41.3 Å². The molecule has 0 saturated heterocycles. The minimum Gasteiger partial charge on any atom is -0.505 e. The van der Waals surface area contributed by atoms with Gasteiger partial charge in [0.2, 0.25) is 25.8 Å². The van der Waals surface area contributed by atoms with Crippen LogP contribution in [0.25, 0.3) is 0 Å². The van der Waals surface area contributed by atoms with Crippen molar-refractivity contribution in [1.82, 2.24) is 9.03 Å². The molecule has 0 heterocycles. The summed E-state index contributed by atoms with van der Waals surface area (Å²) in [5, 5.41) is 20.4. The Hall–Kier alpha value is -3.14. The second kappa shape index (κ2) is 15.0. The first kappa shape index (κ1) is 36.7. The third-order valence-electron chi connectivity index (χ3n) is 6.79. The number of phenolic OH excluding ortho intramolecular Hbond substituents is 2. The Morgan fingerprint density at radius 1 is 0.681 bits per heavy atom. The molecule has 0 fully saturated rings. The maximum absolute atomic E-state index is 14.1. The first-order chi connectivity index (χ1) is 22.1. The summed E-state index contributed by atoms with van der Waals surface area (Å²) >= 11 is 24.0. The molecule has 4 aromatic rings. The van der Waals surface area contributed by atoms with Crippen molar-refractivity contribution < 1.29 is 41.3 Å². The number of phenols is 2. The number of rotatable bonds is 13. The van der Waals surface area contributed by atoms with Crippen LogP contribution in [0.3, 0.4) is 0 Å². The van der Waals surface area contributed by atoms with Gasteiger partial charge in [-0.25, -0.2) is 21.6 Å². The standard InChI is InChI=1S/C30H28Cl4N2O9S2/c1-43-24-8-19(9-25(44-2)30(24)45-3)16-36(47(41,42)27-13-21(32)11-23(34)29(27)38)15-18-6-4-5-17(7-18)14-35-46(39,40)26-12-20(31)10-22(33)28(26)37/h4-13,35,37-38H,14-16H2,1-3H3. The van der Waals surface area contributed by atoms with E-state index in [4.69, 9.17) is 60.6 Å². The van der Waals surface area contributed by atoms with E-state index in [1.807, 2.05) is 0 Å². The Bertz CT molecular complexity index is 2000. The van der Waals surface area contributed by atoms with Gasteiger partial charge in [-0.2, -0.15) is 4.31 Å². The lowest BCUT2D eigenvalue weighted by molar-refractivity contribution is 0.322. The molecule has 4 aromatic carbocycles. The summed E-state index contributed by atoms with van der Waals surface area (Å²) in [5.74, 6) is -0.466. The van der Waals surface area contributed by atoms with Crippen molar-refractivity contribution in [3.8, 4) is 28.7 Å². The van der Waals surface area contributed by atoms with Gasteiger partial charge in [-0.1, -0.05) is 70.7 Å². The van der Waals surface area contributed by atoms with Crippen molar-refractivity contribution in [2.75, 3.05) is 21.3 Å². The highest BCUT2D eigenvalue weighted by Gasteiger charge is 2.30. The third kappa shape index (κ3) is 8.30. The fourth-order valence-corrected chi connectivity index (χ4v) is 8.51. The highest BCUT2D eigenvalue weighted by Crippen LogP contribution is 2.40. The Morgan fingerprint density at radius 2 is 1.19 bits per heavy atom. The molecule has 0 unspecified atom stereocenters. The Kier molecular flexibility index (Phi) is 11.7. The van der Waals surface area contributed by atoms with Gasteiger partial charge in [0, 0.05) is 29.7 Å². The number of ether oxygens (including phenoxy) is 3. The van der Waals surface area contributed by atoms with E-state index in [0.717, 1.165) is 16.4 Å². The molecule has 0 amide bonds. The van der Waals surface area contributed by atoms with Gasteiger partial charge in [0.15, 0.2) is 23.0 Å². The quantitative estimate of drug-likeness (QED) is 0.137. The Morgan fingerprint density at radius 3 is 1.74 bits per heavy atom. The zero-order valence-corrected chi connectivity index (χ0v) is 29.6. The Labute approximate surface area is 292 Å². The molecule has 0 aliphatic rings. The van der Waals surface area contributed by atoms with Gasteiger partial charge < -0.3 is 24.4 Å². The highest BCUT2D eigenvalue weighted by atomic mass is 35.5. The van der Waals surface area contributed by atoms with Gasteiger partial charge in [0.05, 0.1) is 31.4 Å². The van der Waals surface area contributed by atoms with Gasteiger partial charge in [-0.05, 0) is 53.1 Å². The lowest BCUT2D eigenvalue weighted by Crippen LogP contribution is -2.30. The third-order valence-corrected chi connectivity index (χ3v) is 11.0. The molecule has 4 rings (SSSR count). The van der Waals surface area contributed by atoms with Crippen LogP contribution >= 0.6 is 46.4 Å². The first-order valence-corrected chi connectivity index (χ1v) is 17.8. The number of hydrogen-bond donors (Lipinski definition) is 3. The van der Waals surface area contributed by atoms with Crippen molar-refractivity contribution >= 4 is 66.5 Å². The highest BCUT2D eigenvalue weighted by molar-refractivity contribution is 7.89. The molecule has 0 bridgehead atoms. The summed E-state index contributed by atoms with van der Waals surface area (Å²) in [5.41, 5.74) is 1.36. The van der Waals surface area contributed by atoms with Crippen molar-refractivity contribution in [2.24, 2.45) is 0 Å². The van der Waals surface area contributed by atoms with Crippen molar-refractivity contribution in [2.45, 2.75) is 29.4 Å². The van der Waals surface area contributed by atoms with Gasteiger partial charge in [-0.3, -0.25) is 0 Å². The van der Waals surface area contributed by atoms with Crippen LogP contribution in [0.2, 0.25) is 20.1 Å². The minimum atomic E-state index is -4.49. The van der Waals surface area contributed by atoms with Gasteiger partial charge >= 0.3 is 0 Å². The van der Waals surface area contributed by atoms with Crippen LogP contribution in [-0.4, -0.2) is 52.7 Å². The van der Waals surface area contributed by atoms with E-state index in [2.05, 4.69) is 4.72 Å². The second-order valence-corrected chi connectivity index (χ2v) is 15.2. The number of sulfonamides is 2. The maximum Gasteiger partial charge on any atom is 0.247 e. The van der Waals surface area contributed by atoms with Crippen LogP contribution < -0.4 is 18.9 Å². The SMILES string of the molecule is COc1cc(CN(Cc2cccc(CNS(=O)(=O)c3cc(Cl)cc(Cl)c3O)c2)S(=O)(=O)c2cc(Cl)cc(Cl)c2O)cc(OC)c1OC. The largest absolute Gasteiger partial charge is 0.505 e. The number of methoxy groups -OCH3 is 3. The molecule has 17 heteroatoms. The van der Waals surface area contributed by atoms with E-state index >= 15 is 0 Å². The number of hydrogen-bond acceptors (Lipinski definition) is 9. The number of halogens is 4.